The van der Waals surface area contributed by atoms with Crippen LogP contribution >= 0.6 is 0 Å². The van der Waals surface area contributed by atoms with Gasteiger partial charge in [0.25, 0.3) is 5.91 Å². The van der Waals surface area contributed by atoms with E-state index in [2.05, 4.69) is 4.98 Å². The van der Waals surface area contributed by atoms with Gasteiger partial charge in [-0.05, 0) is 0 Å². The van der Waals surface area contributed by atoms with Crippen molar-refractivity contribution in [2.75, 3.05) is 13.1 Å². The van der Waals surface area contributed by atoms with Gasteiger partial charge >= 0.3 is 0 Å². The number of hydrogen-bond donors (Lipinski definition) is 1. The van der Waals surface area contributed by atoms with Gasteiger partial charge in [-0.25, -0.2) is 9.37 Å². The van der Waals surface area contributed by atoms with Gasteiger partial charge in [0.2, 0.25) is 0 Å². The van der Waals surface area contributed by atoms with Crippen LogP contribution in [0.15, 0.2) is 12.4 Å². The van der Waals surface area contributed by atoms with Crippen LogP contribution in [0, 0.1) is 0 Å². The molecule has 5 nitrogen and oxygen atoms in total. The number of amides is 1. The minimum absolute atomic E-state index is 0.0346. The van der Waals surface area contributed by atoms with Gasteiger partial charge in [-0.15, -0.1) is 0 Å². The van der Waals surface area contributed by atoms with Crippen molar-refractivity contribution in [2.45, 2.75) is 12.3 Å². The zero-order valence-electron chi connectivity index (χ0n) is 8.30. The van der Waals surface area contributed by atoms with Gasteiger partial charge in [0.1, 0.15) is 12.3 Å². The minimum atomic E-state index is -1.35. The number of hydrogen-bond acceptors (Lipinski definition) is 3. The third kappa shape index (κ3) is 1.72. The maximum Gasteiger partial charge on any atom is 0.290 e. The Balaban J connectivity index is 2.13. The molecular weight excluding hydrogens is 201 g/mol. The van der Waals surface area contributed by atoms with E-state index in [0.717, 1.165) is 0 Å². The molecule has 0 saturated carbocycles. The molecule has 6 heteroatoms. The van der Waals surface area contributed by atoms with E-state index in [9.17, 15) is 14.3 Å². The van der Waals surface area contributed by atoms with Crippen molar-refractivity contribution in [3.8, 4) is 0 Å². The highest BCUT2D eigenvalue weighted by molar-refractivity contribution is 5.91. The topological polar surface area (TPSA) is 58.4 Å². The lowest BCUT2D eigenvalue weighted by molar-refractivity contribution is 0.0749. The molecule has 1 aliphatic heterocycles. The summed E-state index contributed by atoms with van der Waals surface area (Å²) in [6, 6.07) is 0. The van der Waals surface area contributed by atoms with Gasteiger partial charge in [-0.1, -0.05) is 0 Å². The fraction of sp³-hybridized carbons (Fsp3) is 0.556. The van der Waals surface area contributed by atoms with Crippen LogP contribution in [0.5, 0.6) is 0 Å². The number of halogens is 1. The molecule has 1 N–H and O–H groups in total. The zero-order valence-corrected chi connectivity index (χ0v) is 8.30. The Bertz CT molecular complexity index is 369. The van der Waals surface area contributed by atoms with Crippen molar-refractivity contribution in [3.63, 3.8) is 0 Å². The van der Waals surface area contributed by atoms with E-state index in [1.165, 1.54) is 11.1 Å². The van der Waals surface area contributed by atoms with E-state index in [-0.39, 0.29) is 24.8 Å². The summed E-state index contributed by atoms with van der Waals surface area (Å²) in [7, 11) is 1.69. The Labute approximate surface area is 86.1 Å². The van der Waals surface area contributed by atoms with Crippen LogP contribution in [0.1, 0.15) is 10.6 Å². The summed E-state index contributed by atoms with van der Waals surface area (Å²) in [5.74, 6) is -0.0852. The second-order valence-electron chi connectivity index (χ2n) is 3.66. The molecule has 0 spiro atoms. The maximum atomic E-state index is 13.0. The predicted octanol–water partition coefficient (Wildman–Crippen LogP) is -0.425. The van der Waals surface area contributed by atoms with Crippen LogP contribution in [-0.4, -0.2) is 50.8 Å². The lowest BCUT2D eigenvalue weighted by Gasteiger charge is -2.14. The normalized spacial score (nSPS) is 25.9. The summed E-state index contributed by atoms with van der Waals surface area (Å²) in [4.78, 5) is 16.9. The van der Waals surface area contributed by atoms with Crippen LogP contribution in [0.2, 0.25) is 0 Å². The number of aliphatic hydroxyl groups is 1. The predicted molar refractivity (Wildman–Crippen MR) is 50.0 cm³/mol. The number of carbonyl (C=O) groups is 1. The van der Waals surface area contributed by atoms with Crippen LogP contribution < -0.4 is 0 Å². The maximum absolute atomic E-state index is 13.0. The number of nitrogens with zero attached hydrogens (tertiary/aromatic N) is 3. The number of β-amino-alcohol motifs (C(OH)–C–C–N with tert-alkyl or cyclic N) is 1. The molecule has 1 aliphatic rings. The number of likely N-dealkylation sites (tertiary alicyclic amines) is 1. The molecule has 0 bridgehead atoms. The van der Waals surface area contributed by atoms with Gasteiger partial charge in [-0.3, -0.25) is 4.79 Å². The lowest BCUT2D eigenvalue weighted by Crippen LogP contribution is -2.31. The van der Waals surface area contributed by atoms with Crippen LogP contribution in [0.4, 0.5) is 4.39 Å². The fourth-order valence-electron chi connectivity index (χ4n) is 1.63. The average molecular weight is 213 g/mol. The third-order valence-electron chi connectivity index (χ3n) is 2.52. The molecule has 0 radical (unpaired) electrons. The molecule has 82 valence electrons. The molecule has 15 heavy (non-hydrogen) atoms. The highest BCUT2D eigenvalue weighted by Crippen LogP contribution is 2.15. The lowest BCUT2D eigenvalue weighted by atomic mass is 10.3. The number of rotatable bonds is 1. The Morgan fingerprint density at radius 1 is 1.67 bits per heavy atom. The first-order valence-electron chi connectivity index (χ1n) is 4.68. The molecule has 2 atom stereocenters. The highest BCUT2D eigenvalue weighted by atomic mass is 19.1. The Hall–Kier alpha value is -1.43. The van der Waals surface area contributed by atoms with Gasteiger partial charge < -0.3 is 14.6 Å². The second kappa shape index (κ2) is 3.62. The van der Waals surface area contributed by atoms with Gasteiger partial charge in [0.15, 0.2) is 5.82 Å². The van der Waals surface area contributed by atoms with E-state index in [1.54, 1.807) is 17.8 Å². The quantitative estimate of drug-likeness (QED) is 0.689. The van der Waals surface area contributed by atoms with Crippen molar-refractivity contribution in [1.82, 2.24) is 14.5 Å². The zero-order chi connectivity index (χ0) is 11.0. The van der Waals surface area contributed by atoms with E-state index in [0.29, 0.717) is 0 Å². The third-order valence-corrected chi connectivity index (χ3v) is 2.52. The van der Waals surface area contributed by atoms with Crippen LogP contribution in [0.3, 0.4) is 0 Å². The number of aromatic nitrogens is 2. The Kier molecular flexibility index (Phi) is 2.44. The largest absolute Gasteiger partial charge is 0.388 e. The summed E-state index contributed by atoms with van der Waals surface area (Å²) < 4.78 is 14.6. The number of imidazole rings is 1. The van der Waals surface area contributed by atoms with E-state index in [1.807, 2.05) is 0 Å². The number of carbonyl (C=O) groups excluding carboxylic acids is 1. The standard InChI is InChI=1S/C9H12FN3O2/c1-12-3-2-11-8(12)9(15)13-4-6(10)7(14)5-13/h2-3,6-7,14H,4-5H2,1H3/t6-,7-/m1/s1. The molecule has 1 saturated heterocycles. The Morgan fingerprint density at radius 2 is 2.40 bits per heavy atom. The molecule has 1 aromatic heterocycles. The number of aliphatic hydroxyl groups excluding tert-OH is 1. The van der Waals surface area contributed by atoms with E-state index in [4.69, 9.17) is 0 Å². The monoisotopic (exact) mass is 213 g/mol. The van der Waals surface area contributed by atoms with Crippen molar-refractivity contribution >= 4 is 5.91 Å². The van der Waals surface area contributed by atoms with Crippen molar-refractivity contribution < 1.29 is 14.3 Å². The first kappa shape index (κ1) is 10.1. The molecule has 0 unspecified atom stereocenters. The van der Waals surface area contributed by atoms with Crippen LogP contribution in [0.25, 0.3) is 0 Å². The molecule has 2 rings (SSSR count). The van der Waals surface area contributed by atoms with Crippen molar-refractivity contribution in [1.29, 1.82) is 0 Å². The van der Waals surface area contributed by atoms with Crippen molar-refractivity contribution in [2.24, 2.45) is 7.05 Å². The van der Waals surface area contributed by atoms with Gasteiger partial charge in [-0.2, -0.15) is 0 Å². The second-order valence-corrected chi connectivity index (χ2v) is 3.66. The minimum Gasteiger partial charge on any atom is -0.388 e. The number of aryl methyl sites for hydroxylation is 1. The summed E-state index contributed by atoms with van der Waals surface area (Å²) in [6.45, 7) is -0.0281. The highest BCUT2D eigenvalue weighted by Gasteiger charge is 2.35. The van der Waals surface area contributed by atoms with Gasteiger partial charge in [0.05, 0.1) is 13.1 Å². The summed E-state index contributed by atoms with van der Waals surface area (Å²) >= 11 is 0. The fourth-order valence-corrected chi connectivity index (χ4v) is 1.63. The molecule has 1 fully saturated rings. The number of alkyl halides is 1. The van der Waals surface area contributed by atoms with Crippen LogP contribution in [-0.2, 0) is 7.05 Å². The van der Waals surface area contributed by atoms with E-state index >= 15 is 0 Å². The average Bonchev–Trinajstić information content (AvgIpc) is 2.74. The molecule has 0 aliphatic carbocycles. The molecule has 2 heterocycles. The SMILES string of the molecule is Cn1ccnc1C(=O)N1C[C@@H](O)[C@H](F)C1. The molecule has 1 amide bonds. The smallest absolute Gasteiger partial charge is 0.290 e. The first-order chi connectivity index (χ1) is 7.09. The Morgan fingerprint density at radius 3 is 2.87 bits per heavy atom. The molecule has 1 aromatic rings. The van der Waals surface area contributed by atoms with Gasteiger partial charge in [0, 0.05) is 19.4 Å². The first-order valence-corrected chi connectivity index (χ1v) is 4.68. The molecule has 0 aromatic carbocycles. The van der Waals surface area contributed by atoms with E-state index < -0.39 is 12.3 Å². The summed E-state index contributed by atoms with van der Waals surface area (Å²) in [6.07, 6.45) is 0.725. The summed E-state index contributed by atoms with van der Waals surface area (Å²) in [5, 5.41) is 9.19. The van der Waals surface area contributed by atoms with Crippen molar-refractivity contribution in [3.05, 3.63) is 18.2 Å². The summed E-state index contributed by atoms with van der Waals surface area (Å²) in [5.41, 5.74) is 0. The molecular formula is C9H12FN3O2.